The lowest BCUT2D eigenvalue weighted by Crippen LogP contribution is -2.14. The van der Waals surface area contributed by atoms with Crippen LogP contribution in [0.4, 0.5) is 0 Å². The van der Waals surface area contributed by atoms with Gasteiger partial charge in [0.25, 0.3) is 0 Å². The minimum atomic E-state index is 0.195. The van der Waals surface area contributed by atoms with Crippen LogP contribution in [0.15, 0.2) is 11.6 Å². The summed E-state index contributed by atoms with van der Waals surface area (Å²) in [6.45, 7) is 3.76. The zero-order valence-corrected chi connectivity index (χ0v) is 7.84. The molecule has 0 radical (unpaired) electrons. The molecule has 2 rings (SSSR count). The molecule has 3 atom stereocenters. The van der Waals surface area contributed by atoms with Crippen LogP contribution < -0.4 is 0 Å². The summed E-state index contributed by atoms with van der Waals surface area (Å²) in [7, 11) is 0. The van der Waals surface area contributed by atoms with E-state index in [0.29, 0.717) is 5.78 Å². The van der Waals surface area contributed by atoms with Crippen LogP contribution in [0.2, 0.25) is 0 Å². The normalized spacial score (nSPS) is 35.0. The van der Waals surface area contributed by atoms with Crippen molar-refractivity contribution in [3.05, 3.63) is 11.6 Å². The lowest BCUT2D eigenvalue weighted by Gasteiger charge is -2.17. The van der Waals surface area contributed by atoms with Crippen LogP contribution >= 0.6 is 0 Å². The van der Waals surface area contributed by atoms with Gasteiger partial charge < -0.3 is 0 Å². The van der Waals surface area contributed by atoms with E-state index < -0.39 is 0 Å². The number of rotatable bonds is 2. The summed E-state index contributed by atoms with van der Waals surface area (Å²) in [6.07, 6.45) is 6.38. The maximum atomic E-state index is 11.2. The fourth-order valence-corrected chi connectivity index (χ4v) is 2.61. The molecule has 1 fully saturated rings. The first kappa shape index (κ1) is 8.03. The highest BCUT2D eigenvalue weighted by Crippen LogP contribution is 2.46. The summed E-state index contributed by atoms with van der Waals surface area (Å²) >= 11 is 0. The standard InChI is InChI=1S/C11H16O/c1-7(8(2)12)11-6-9-3-4-10(11)5-9/h6-7,9-10H,3-5H2,1-2H3. The summed E-state index contributed by atoms with van der Waals surface area (Å²) in [5.74, 6) is 2.09. The Kier molecular flexibility index (Phi) is 1.82. The summed E-state index contributed by atoms with van der Waals surface area (Å²) in [5.41, 5.74) is 1.44. The molecule has 2 bridgehead atoms. The second kappa shape index (κ2) is 2.72. The number of carbonyl (C=O) groups is 1. The van der Waals surface area contributed by atoms with Gasteiger partial charge in [-0.1, -0.05) is 18.6 Å². The molecular weight excluding hydrogens is 148 g/mol. The van der Waals surface area contributed by atoms with E-state index in [1.54, 1.807) is 6.92 Å². The van der Waals surface area contributed by atoms with Crippen LogP contribution in [0.25, 0.3) is 0 Å². The van der Waals surface area contributed by atoms with Crippen LogP contribution in [0, 0.1) is 17.8 Å². The molecule has 12 heavy (non-hydrogen) atoms. The number of carbonyl (C=O) groups excluding carboxylic acids is 1. The van der Waals surface area contributed by atoms with E-state index in [2.05, 4.69) is 13.0 Å². The van der Waals surface area contributed by atoms with Crippen molar-refractivity contribution >= 4 is 5.78 Å². The largest absolute Gasteiger partial charge is 0.299 e. The fourth-order valence-electron chi connectivity index (χ4n) is 2.61. The number of fused-ring (bicyclic) bond motifs is 2. The predicted molar refractivity (Wildman–Crippen MR) is 48.8 cm³/mol. The Bertz CT molecular complexity index is 239. The molecule has 0 aromatic rings. The zero-order chi connectivity index (χ0) is 8.72. The third-order valence-electron chi connectivity index (χ3n) is 3.48. The highest BCUT2D eigenvalue weighted by molar-refractivity contribution is 5.81. The topological polar surface area (TPSA) is 17.1 Å². The van der Waals surface area contributed by atoms with Gasteiger partial charge in [-0.2, -0.15) is 0 Å². The maximum absolute atomic E-state index is 11.2. The van der Waals surface area contributed by atoms with Crippen molar-refractivity contribution in [1.82, 2.24) is 0 Å². The van der Waals surface area contributed by atoms with Crippen LogP contribution in [-0.2, 0) is 4.79 Å². The van der Waals surface area contributed by atoms with Gasteiger partial charge in [-0.25, -0.2) is 0 Å². The maximum Gasteiger partial charge on any atom is 0.136 e. The summed E-state index contributed by atoms with van der Waals surface area (Å²) in [4.78, 5) is 11.2. The van der Waals surface area contributed by atoms with Crippen molar-refractivity contribution in [3.63, 3.8) is 0 Å². The predicted octanol–water partition coefficient (Wildman–Crippen LogP) is 2.57. The molecule has 2 aliphatic rings. The minimum Gasteiger partial charge on any atom is -0.299 e. The van der Waals surface area contributed by atoms with Crippen molar-refractivity contribution in [3.8, 4) is 0 Å². The first-order valence-corrected chi connectivity index (χ1v) is 4.90. The van der Waals surface area contributed by atoms with Gasteiger partial charge in [-0.3, -0.25) is 4.79 Å². The van der Waals surface area contributed by atoms with E-state index in [1.807, 2.05) is 0 Å². The number of hydrogen-bond acceptors (Lipinski definition) is 1. The molecule has 0 heterocycles. The van der Waals surface area contributed by atoms with E-state index in [-0.39, 0.29) is 5.92 Å². The molecule has 66 valence electrons. The smallest absolute Gasteiger partial charge is 0.136 e. The van der Waals surface area contributed by atoms with Gasteiger partial charge in [0.2, 0.25) is 0 Å². The Morgan fingerprint density at radius 3 is 2.75 bits per heavy atom. The number of ketones is 1. The molecule has 1 heteroatoms. The monoisotopic (exact) mass is 164 g/mol. The SMILES string of the molecule is CC(=O)C(C)C1=CC2CCC1C2. The third kappa shape index (κ3) is 1.12. The second-order valence-electron chi connectivity index (χ2n) is 4.27. The van der Waals surface area contributed by atoms with Crippen molar-refractivity contribution < 1.29 is 4.79 Å². The molecule has 1 nitrogen and oxygen atoms in total. The van der Waals surface area contributed by atoms with Crippen LogP contribution in [0.3, 0.4) is 0 Å². The van der Waals surface area contributed by atoms with E-state index in [0.717, 1.165) is 11.8 Å². The summed E-state index contributed by atoms with van der Waals surface area (Å²) in [5, 5.41) is 0. The van der Waals surface area contributed by atoms with Crippen LogP contribution in [-0.4, -0.2) is 5.78 Å². The Morgan fingerprint density at radius 1 is 1.58 bits per heavy atom. The van der Waals surface area contributed by atoms with Gasteiger partial charge in [0, 0.05) is 5.92 Å². The quantitative estimate of drug-likeness (QED) is 0.573. The van der Waals surface area contributed by atoms with Crippen LogP contribution in [0.5, 0.6) is 0 Å². The molecule has 1 saturated carbocycles. The molecule has 0 saturated heterocycles. The molecule has 0 amide bonds. The van der Waals surface area contributed by atoms with Gasteiger partial charge in [0.1, 0.15) is 5.78 Å². The van der Waals surface area contributed by atoms with E-state index in [1.165, 1.54) is 24.8 Å². The van der Waals surface area contributed by atoms with Crippen molar-refractivity contribution in [2.45, 2.75) is 33.1 Å². The Hall–Kier alpha value is -0.590. The van der Waals surface area contributed by atoms with Crippen LogP contribution in [0.1, 0.15) is 33.1 Å². The molecule has 0 aromatic carbocycles. The van der Waals surface area contributed by atoms with Gasteiger partial charge in [0.15, 0.2) is 0 Å². The third-order valence-corrected chi connectivity index (χ3v) is 3.48. The van der Waals surface area contributed by atoms with Crippen molar-refractivity contribution in [2.24, 2.45) is 17.8 Å². The van der Waals surface area contributed by atoms with Gasteiger partial charge in [0.05, 0.1) is 0 Å². The first-order valence-electron chi connectivity index (χ1n) is 4.90. The Labute approximate surface area is 73.8 Å². The molecule has 0 N–H and O–H groups in total. The molecule has 0 spiro atoms. The molecule has 0 aliphatic heterocycles. The van der Waals surface area contributed by atoms with E-state index in [9.17, 15) is 4.79 Å². The minimum absolute atomic E-state index is 0.195. The average Bonchev–Trinajstić information content (AvgIpc) is 2.62. The summed E-state index contributed by atoms with van der Waals surface area (Å²) in [6, 6.07) is 0. The molecule has 3 unspecified atom stereocenters. The molecule has 0 aromatic heterocycles. The summed E-state index contributed by atoms with van der Waals surface area (Å²) < 4.78 is 0. The number of Topliss-reactive ketones (excluding diaryl/α,β-unsaturated/α-hetero) is 1. The number of allylic oxidation sites excluding steroid dienone is 2. The van der Waals surface area contributed by atoms with Gasteiger partial charge >= 0.3 is 0 Å². The van der Waals surface area contributed by atoms with Gasteiger partial charge in [-0.15, -0.1) is 0 Å². The zero-order valence-electron chi connectivity index (χ0n) is 7.84. The molecule has 2 aliphatic carbocycles. The second-order valence-corrected chi connectivity index (χ2v) is 4.27. The molecular formula is C11H16O. The van der Waals surface area contributed by atoms with Crippen molar-refractivity contribution in [1.29, 1.82) is 0 Å². The van der Waals surface area contributed by atoms with Gasteiger partial charge in [-0.05, 0) is 38.0 Å². The fraction of sp³-hybridized carbons (Fsp3) is 0.727. The Morgan fingerprint density at radius 2 is 2.33 bits per heavy atom. The Balaban J connectivity index is 2.15. The van der Waals surface area contributed by atoms with E-state index >= 15 is 0 Å². The van der Waals surface area contributed by atoms with E-state index in [4.69, 9.17) is 0 Å². The van der Waals surface area contributed by atoms with Crippen molar-refractivity contribution in [2.75, 3.05) is 0 Å². The average molecular weight is 164 g/mol. The first-order chi connectivity index (χ1) is 5.68. The highest BCUT2D eigenvalue weighted by atomic mass is 16.1. The lowest BCUT2D eigenvalue weighted by atomic mass is 9.87. The lowest BCUT2D eigenvalue weighted by molar-refractivity contribution is -0.119. The number of hydrogen-bond donors (Lipinski definition) is 0. The highest BCUT2D eigenvalue weighted by Gasteiger charge is 2.35.